The lowest BCUT2D eigenvalue weighted by atomic mass is 10.2. The van der Waals surface area contributed by atoms with E-state index in [1.165, 1.54) is 0 Å². The standard InChI is InChI=1S/C22H26N6O2/c1-26-10-12-28(13-11-26)20-7-6-16(14-23-20)15-24-21(29)22(30)25-18-4-3-5-19-17(18)8-9-27(19)2/h3-9,14H,10-13,15H2,1-2H3,(H,24,29)(H,25,30). The van der Waals surface area contributed by atoms with Crippen molar-refractivity contribution < 1.29 is 9.59 Å². The van der Waals surface area contributed by atoms with Crippen molar-refractivity contribution in [2.45, 2.75) is 6.54 Å². The number of anilines is 2. The summed E-state index contributed by atoms with van der Waals surface area (Å²) in [7, 11) is 4.05. The number of carbonyl (C=O) groups excluding carboxylic acids is 2. The van der Waals surface area contributed by atoms with Gasteiger partial charge in [0.2, 0.25) is 0 Å². The number of carbonyl (C=O) groups is 2. The van der Waals surface area contributed by atoms with Crippen LogP contribution in [0.4, 0.5) is 11.5 Å². The van der Waals surface area contributed by atoms with Gasteiger partial charge in [0.05, 0.1) is 5.69 Å². The zero-order chi connectivity index (χ0) is 21.1. The molecule has 0 radical (unpaired) electrons. The molecule has 8 heteroatoms. The first kappa shape index (κ1) is 19.9. The molecule has 0 saturated carbocycles. The molecule has 1 aliphatic heterocycles. The molecule has 0 atom stereocenters. The van der Waals surface area contributed by atoms with Crippen molar-refractivity contribution in [2.24, 2.45) is 7.05 Å². The van der Waals surface area contributed by atoms with Crippen molar-refractivity contribution in [3.8, 4) is 0 Å². The Morgan fingerprint density at radius 2 is 1.80 bits per heavy atom. The Labute approximate surface area is 175 Å². The number of hydrogen-bond donors (Lipinski definition) is 2. The maximum absolute atomic E-state index is 12.3. The lowest BCUT2D eigenvalue weighted by Gasteiger charge is -2.33. The minimum atomic E-state index is -0.687. The molecule has 3 aromatic rings. The van der Waals surface area contributed by atoms with E-state index in [-0.39, 0.29) is 6.54 Å². The van der Waals surface area contributed by atoms with Gasteiger partial charge >= 0.3 is 11.8 Å². The SMILES string of the molecule is CN1CCN(c2ccc(CNC(=O)C(=O)Nc3cccc4c3ccn4C)cn2)CC1. The molecule has 2 amide bonds. The number of rotatable bonds is 4. The Kier molecular flexibility index (Phi) is 5.67. The third kappa shape index (κ3) is 4.28. The topological polar surface area (TPSA) is 82.5 Å². The molecule has 1 aromatic carbocycles. The summed E-state index contributed by atoms with van der Waals surface area (Å²) < 4.78 is 1.96. The monoisotopic (exact) mass is 406 g/mol. The third-order valence-corrected chi connectivity index (χ3v) is 5.47. The summed E-state index contributed by atoms with van der Waals surface area (Å²) in [6.07, 6.45) is 3.66. The average Bonchev–Trinajstić information content (AvgIpc) is 3.15. The first-order valence-electron chi connectivity index (χ1n) is 10.0. The molecule has 30 heavy (non-hydrogen) atoms. The number of aromatic nitrogens is 2. The highest BCUT2D eigenvalue weighted by Crippen LogP contribution is 2.23. The Morgan fingerprint density at radius 1 is 1.00 bits per heavy atom. The van der Waals surface area contributed by atoms with Gasteiger partial charge in [-0.2, -0.15) is 0 Å². The van der Waals surface area contributed by atoms with Gasteiger partial charge in [-0.15, -0.1) is 0 Å². The zero-order valence-electron chi connectivity index (χ0n) is 17.3. The van der Waals surface area contributed by atoms with Crippen molar-refractivity contribution in [2.75, 3.05) is 43.4 Å². The van der Waals surface area contributed by atoms with E-state index in [0.717, 1.165) is 48.5 Å². The number of nitrogens with zero attached hydrogens (tertiary/aromatic N) is 4. The fourth-order valence-corrected chi connectivity index (χ4v) is 3.60. The van der Waals surface area contributed by atoms with Crippen LogP contribution in [0.1, 0.15) is 5.56 Å². The van der Waals surface area contributed by atoms with E-state index in [1.54, 1.807) is 12.3 Å². The van der Waals surface area contributed by atoms with Crippen molar-refractivity contribution in [1.29, 1.82) is 0 Å². The summed E-state index contributed by atoms with van der Waals surface area (Å²) in [5.74, 6) is -0.425. The van der Waals surface area contributed by atoms with E-state index in [1.807, 2.05) is 48.1 Å². The minimum Gasteiger partial charge on any atom is -0.354 e. The van der Waals surface area contributed by atoms with Crippen LogP contribution in [0.3, 0.4) is 0 Å². The minimum absolute atomic E-state index is 0.248. The number of pyridine rings is 1. The normalized spacial score (nSPS) is 14.7. The lowest BCUT2D eigenvalue weighted by molar-refractivity contribution is -0.136. The van der Waals surface area contributed by atoms with Gasteiger partial charge in [-0.1, -0.05) is 12.1 Å². The third-order valence-electron chi connectivity index (χ3n) is 5.47. The predicted molar refractivity (Wildman–Crippen MR) is 117 cm³/mol. The van der Waals surface area contributed by atoms with Crippen LogP contribution in [0.2, 0.25) is 0 Å². The highest BCUT2D eigenvalue weighted by Gasteiger charge is 2.17. The number of amides is 2. The van der Waals surface area contributed by atoms with Gasteiger partial charge in [0.15, 0.2) is 0 Å². The van der Waals surface area contributed by atoms with Gasteiger partial charge in [-0.25, -0.2) is 4.98 Å². The summed E-state index contributed by atoms with van der Waals surface area (Å²) >= 11 is 0. The lowest BCUT2D eigenvalue weighted by Crippen LogP contribution is -2.44. The van der Waals surface area contributed by atoms with Gasteiger partial charge in [0, 0.05) is 63.1 Å². The van der Waals surface area contributed by atoms with E-state index in [9.17, 15) is 9.59 Å². The van der Waals surface area contributed by atoms with Crippen LogP contribution in [0, 0.1) is 0 Å². The van der Waals surface area contributed by atoms with Crippen LogP contribution in [-0.4, -0.2) is 59.5 Å². The summed E-state index contributed by atoms with van der Waals surface area (Å²) in [4.78, 5) is 33.6. The van der Waals surface area contributed by atoms with Crippen molar-refractivity contribution in [1.82, 2.24) is 19.8 Å². The Balaban J connectivity index is 1.32. The van der Waals surface area contributed by atoms with E-state index in [4.69, 9.17) is 0 Å². The van der Waals surface area contributed by atoms with Crippen LogP contribution < -0.4 is 15.5 Å². The molecule has 156 valence electrons. The first-order chi connectivity index (χ1) is 14.5. The number of benzene rings is 1. The Bertz CT molecular complexity index is 1050. The molecule has 0 unspecified atom stereocenters. The quantitative estimate of drug-likeness (QED) is 0.643. The number of piperazine rings is 1. The van der Waals surface area contributed by atoms with Crippen LogP contribution >= 0.6 is 0 Å². The molecule has 2 aromatic heterocycles. The van der Waals surface area contributed by atoms with E-state index >= 15 is 0 Å². The molecule has 0 aliphatic carbocycles. The molecule has 1 aliphatic rings. The summed E-state index contributed by atoms with van der Waals surface area (Å²) in [6, 6.07) is 11.4. The Hall–Kier alpha value is -3.39. The van der Waals surface area contributed by atoms with Crippen LogP contribution in [-0.2, 0) is 23.2 Å². The molecule has 4 rings (SSSR count). The fourth-order valence-electron chi connectivity index (χ4n) is 3.60. The van der Waals surface area contributed by atoms with Gasteiger partial charge in [0.25, 0.3) is 0 Å². The second-order valence-corrected chi connectivity index (χ2v) is 7.62. The van der Waals surface area contributed by atoms with E-state index in [2.05, 4.69) is 32.5 Å². The average molecular weight is 406 g/mol. The Morgan fingerprint density at radius 3 is 2.53 bits per heavy atom. The molecule has 0 bridgehead atoms. The van der Waals surface area contributed by atoms with Crippen molar-refractivity contribution >= 4 is 34.2 Å². The van der Waals surface area contributed by atoms with E-state index in [0.29, 0.717) is 5.69 Å². The highest BCUT2D eigenvalue weighted by molar-refractivity contribution is 6.40. The van der Waals surface area contributed by atoms with Crippen LogP contribution in [0.25, 0.3) is 10.9 Å². The number of aryl methyl sites for hydroxylation is 1. The van der Waals surface area contributed by atoms with Gasteiger partial charge in [-0.3, -0.25) is 9.59 Å². The molecule has 2 N–H and O–H groups in total. The van der Waals surface area contributed by atoms with Gasteiger partial charge < -0.3 is 25.0 Å². The second-order valence-electron chi connectivity index (χ2n) is 7.62. The van der Waals surface area contributed by atoms with Crippen molar-refractivity contribution in [3.05, 3.63) is 54.4 Å². The number of nitrogens with one attached hydrogen (secondary N) is 2. The summed E-state index contributed by atoms with van der Waals surface area (Å²) in [5, 5.41) is 6.25. The molecule has 8 nitrogen and oxygen atoms in total. The molecule has 0 spiro atoms. The molecular formula is C22H26N6O2. The maximum atomic E-state index is 12.3. The van der Waals surface area contributed by atoms with Crippen molar-refractivity contribution in [3.63, 3.8) is 0 Å². The van der Waals surface area contributed by atoms with Gasteiger partial charge in [0.1, 0.15) is 5.82 Å². The zero-order valence-corrected chi connectivity index (χ0v) is 17.3. The smallest absolute Gasteiger partial charge is 0.313 e. The second kappa shape index (κ2) is 8.54. The largest absolute Gasteiger partial charge is 0.354 e. The first-order valence-corrected chi connectivity index (χ1v) is 10.0. The summed E-state index contributed by atoms with van der Waals surface area (Å²) in [5.41, 5.74) is 2.45. The van der Waals surface area contributed by atoms with Gasteiger partial charge in [-0.05, 0) is 36.9 Å². The number of fused-ring (bicyclic) bond motifs is 1. The van der Waals surface area contributed by atoms with Crippen LogP contribution in [0.5, 0.6) is 0 Å². The fraction of sp³-hybridized carbons (Fsp3) is 0.318. The number of likely N-dealkylation sites (N-methyl/N-ethyl adjacent to an activating group) is 1. The maximum Gasteiger partial charge on any atom is 0.313 e. The molecule has 1 saturated heterocycles. The van der Waals surface area contributed by atoms with E-state index < -0.39 is 11.8 Å². The molecular weight excluding hydrogens is 380 g/mol. The molecule has 3 heterocycles. The predicted octanol–water partition coefficient (Wildman–Crippen LogP) is 1.58. The van der Waals surface area contributed by atoms with Crippen LogP contribution in [0.15, 0.2) is 48.8 Å². The highest BCUT2D eigenvalue weighted by atomic mass is 16.2. The molecule has 1 fully saturated rings. The summed E-state index contributed by atoms with van der Waals surface area (Å²) in [6.45, 7) is 4.19. The number of hydrogen-bond acceptors (Lipinski definition) is 5.